The summed E-state index contributed by atoms with van der Waals surface area (Å²) in [6.45, 7) is 3.83. The Morgan fingerprint density at radius 2 is 1.96 bits per heavy atom. The van der Waals surface area contributed by atoms with Crippen LogP contribution in [0.5, 0.6) is 11.5 Å². The molecule has 0 aromatic carbocycles. The van der Waals surface area contributed by atoms with Crippen LogP contribution < -0.4 is 10.1 Å². The van der Waals surface area contributed by atoms with Gasteiger partial charge in [-0.25, -0.2) is 9.97 Å². The SMILES string of the molecule is Cc1ccc(Oc2ccnc(Nc3cccc(CCC(=O)O)n3)c2)c(C)n1. The normalized spacial score (nSPS) is 10.4. The van der Waals surface area contributed by atoms with E-state index in [1.165, 1.54) is 0 Å². The van der Waals surface area contributed by atoms with Crippen molar-refractivity contribution < 1.29 is 14.6 Å². The number of pyridine rings is 3. The molecule has 0 unspecified atom stereocenters. The molecule has 7 heteroatoms. The summed E-state index contributed by atoms with van der Waals surface area (Å²) in [7, 11) is 0. The minimum atomic E-state index is -0.845. The van der Waals surface area contributed by atoms with Gasteiger partial charge in [0.25, 0.3) is 0 Å². The van der Waals surface area contributed by atoms with Crippen molar-refractivity contribution in [1.29, 1.82) is 0 Å². The highest BCUT2D eigenvalue weighted by atomic mass is 16.5. The summed E-state index contributed by atoms with van der Waals surface area (Å²) in [6, 6.07) is 12.7. The maximum absolute atomic E-state index is 10.7. The van der Waals surface area contributed by atoms with Crippen molar-refractivity contribution in [2.75, 3.05) is 5.32 Å². The van der Waals surface area contributed by atoms with Crippen molar-refractivity contribution in [3.8, 4) is 11.5 Å². The first kappa shape index (κ1) is 18.3. The Hall–Kier alpha value is -3.48. The fourth-order valence-corrected chi connectivity index (χ4v) is 2.51. The van der Waals surface area contributed by atoms with Crippen molar-refractivity contribution in [2.24, 2.45) is 0 Å². The molecular weight excluding hydrogens is 344 g/mol. The number of ether oxygens (including phenoxy) is 1. The van der Waals surface area contributed by atoms with E-state index < -0.39 is 5.97 Å². The summed E-state index contributed by atoms with van der Waals surface area (Å²) in [5.41, 5.74) is 2.45. The van der Waals surface area contributed by atoms with Crippen LogP contribution in [0.4, 0.5) is 11.6 Å². The molecule has 0 spiro atoms. The van der Waals surface area contributed by atoms with Crippen molar-refractivity contribution in [1.82, 2.24) is 15.0 Å². The lowest BCUT2D eigenvalue weighted by molar-refractivity contribution is -0.136. The van der Waals surface area contributed by atoms with E-state index in [2.05, 4.69) is 20.3 Å². The molecule has 0 atom stereocenters. The first-order chi connectivity index (χ1) is 13.0. The molecule has 0 saturated heterocycles. The lowest BCUT2D eigenvalue weighted by Crippen LogP contribution is -2.02. The summed E-state index contributed by atoms with van der Waals surface area (Å²) in [5.74, 6) is 1.64. The molecule has 2 N–H and O–H groups in total. The van der Waals surface area contributed by atoms with Crippen molar-refractivity contribution in [3.63, 3.8) is 0 Å². The van der Waals surface area contributed by atoms with E-state index in [1.807, 2.05) is 32.0 Å². The fraction of sp³-hybridized carbons (Fsp3) is 0.200. The number of hydrogen-bond donors (Lipinski definition) is 2. The van der Waals surface area contributed by atoms with Gasteiger partial charge in [0.05, 0.1) is 12.1 Å². The van der Waals surface area contributed by atoms with Crippen LogP contribution in [0.3, 0.4) is 0 Å². The first-order valence-corrected chi connectivity index (χ1v) is 8.52. The van der Waals surface area contributed by atoms with Crippen LogP contribution >= 0.6 is 0 Å². The quantitative estimate of drug-likeness (QED) is 0.653. The van der Waals surface area contributed by atoms with E-state index in [9.17, 15) is 4.79 Å². The number of nitrogens with one attached hydrogen (secondary N) is 1. The average Bonchev–Trinajstić information content (AvgIpc) is 2.63. The van der Waals surface area contributed by atoms with E-state index in [1.54, 1.807) is 30.5 Å². The largest absolute Gasteiger partial charge is 0.481 e. The smallest absolute Gasteiger partial charge is 0.303 e. The minimum absolute atomic E-state index is 0.0436. The van der Waals surface area contributed by atoms with Gasteiger partial charge in [-0.2, -0.15) is 0 Å². The summed E-state index contributed by atoms with van der Waals surface area (Å²) in [5, 5.41) is 11.9. The summed E-state index contributed by atoms with van der Waals surface area (Å²) in [6.07, 6.45) is 2.06. The lowest BCUT2D eigenvalue weighted by Gasteiger charge is -2.11. The number of nitrogens with zero attached hydrogens (tertiary/aromatic N) is 3. The van der Waals surface area contributed by atoms with E-state index >= 15 is 0 Å². The molecule has 0 saturated carbocycles. The van der Waals surface area contributed by atoms with Gasteiger partial charge >= 0.3 is 5.97 Å². The molecule has 0 aliphatic rings. The second-order valence-corrected chi connectivity index (χ2v) is 6.05. The summed E-state index contributed by atoms with van der Waals surface area (Å²) in [4.78, 5) is 23.8. The zero-order chi connectivity index (χ0) is 19.2. The molecule has 0 fully saturated rings. The van der Waals surface area contributed by atoms with E-state index in [0.717, 1.165) is 11.4 Å². The van der Waals surface area contributed by atoms with Gasteiger partial charge in [-0.15, -0.1) is 0 Å². The number of carboxylic acid groups (broad SMARTS) is 1. The van der Waals surface area contributed by atoms with Gasteiger partial charge in [-0.05, 0) is 44.2 Å². The number of aliphatic carboxylic acids is 1. The maximum Gasteiger partial charge on any atom is 0.303 e. The molecule has 0 aliphatic carbocycles. The molecule has 3 heterocycles. The predicted molar refractivity (Wildman–Crippen MR) is 101 cm³/mol. The van der Waals surface area contributed by atoms with Crippen LogP contribution in [-0.2, 0) is 11.2 Å². The molecule has 3 rings (SSSR count). The van der Waals surface area contributed by atoms with E-state index in [-0.39, 0.29) is 6.42 Å². The molecule has 27 heavy (non-hydrogen) atoms. The van der Waals surface area contributed by atoms with Crippen LogP contribution in [-0.4, -0.2) is 26.0 Å². The molecule has 3 aromatic heterocycles. The van der Waals surface area contributed by atoms with Gasteiger partial charge in [0.15, 0.2) is 0 Å². The zero-order valence-electron chi connectivity index (χ0n) is 15.1. The molecule has 138 valence electrons. The molecule has 0 bridgehead atoms. The monoisotopic (exact) mass is 364 g/mol. The number of aryl methyl sites for hydroxylation is 3. The molecule has 0 amide bonds. The highest BCUT2D eigenvalue weighted by molar-refractivity contribution is 5.67. The van der Waals surface area contributed by atoms with Crippen molar-refractivity contribution >= 4 is 17.6 Å². The van der Waals surface area contributed by atoms with E-state index in [0.29, 0.717) is 35.2 Å². The van der Waals surface area contributed by atoms with Crippen molar-refractivity contribution in [2.45, 2.75) is 26.7 Å². The summed E-state index contributed by atoms with van der Waals surface area (Å²) < 4.78 is 5.90. The number of carbonyl (C=O) groups is 1. The van der Waals surface area contributed by atoms with Crippen molar-refractivity contribution in [3.05, 3.63) is 65.7 Å². The van der Waals surface area contributed by atoms with Crippen LogP contribution in [0.1, 0.15) is 23.5 Å². The second kappa shape index (κ2) is 8.27. The molecule has 0 aliphatic heterocycles. The Kier molecular flexibility index (Phi) is 5.61. The molecule has 0 radical (unpaired) electrons. The highest BCUT2D eigenvalue weighted by Gasteiger charge is 2.06. The van der Waals surface area contributed by atoms with Gasteiger partial charge in [0.1, 0.15) is 23.1 Å². The predicted octanol–water partition coefficient (Wildman–Crippen LogP) is 4.04. The second-order valence-electron chi connectivity index (χ2n) is 6.05. The lowest BCUT2D eigenvalue weighted by atomic mass is 10.2. The Bertz CT molecular complexity index is 959. The average molecular weight is 364 g/mol. The number of rotatable bonds is 7. The van der Waals surface area contributed by atoms with Gasteiger partial charge in [-0.1, -0.05) is 6.07 Å². The number of carboxylic acids is 1. The topological polar surface area (TPSA) is 97.2 Å². The third-order valence-corrected chi connectivity index (χ3v) is 3.79. The van der Waals surface area contributed by atoms with Crippen LogP contribution in [0, 0.1) is 13.8 Å². The summed E-state index contributed by atoms with van der Waals surface area (Å²) >= 11 is 0. The Balaban J connectivity index is 1.72. The van der Waals surface area contributed by atoms with Gasteiger partial charge in [-0.3, -0.25) is 9.78 Å². The van der Waals surface area contributed by atoms with Gasteiger partial charge < -0.3 is 15.2 Å². The Morgan fingerprint density at radius 3 is 2.74 bits per heavy atom. The maximum atomic E-state index is 10.7. The number of anilines is 2. The number of hydrogen-bond acceptors (Lipinski definition) is 6. The molecule has 3 aromatic rings. The van der Waals surface area contributed by atoms with Crippen LogP contribution in [0.2, 0.25) is 0 Å². The standard InChI is InChI=1S/C20H20N4O3/c1-13-6-8-17(14(2)22-13)27-16-10-11-21-19(12-16)24-18-5-3-4-15(23-18)7-9-20(25)26/h3-6,8,10-12H,7,9H2,1-2H3,(H,25,26)(H,21,23,24). The minimum Gasteiger partial charge on any atom is -0.481 e. The molecule has 7 nitrogen and oxygen atoms in total. The van der Waals surface area contributed by atoms with Gasteiger partial charge in [0, 0.05) is 30.1 Å². The third-order valence-electron chi connectivity index (χ3n) is 3.79. The number of aromatic nitrogens is 3. The Morgan fingerprint density at radius 1 is 1.11 bits per heavy atom. The van der Waals surface area contributed by atoms with E-state index in [4.69, 9.17) is 9.84 Å². The van der Waals surface area contributed by atoms with Gasteiger partial charge in [0.2, 0.25) is 0 Å². The van der Waals surface area contributed by atoms with Crippen LogP contribution in [0.25, 0.3) is 0 Å². The third kappa shape index (κ3) is 5.24. The Labute approximate surface area is 157 Å². The first-order valence-electron chi connectivity index (χ1n) is 8.52. The van der Waals surface area contributed by atoms with Crippen LogP contribution in [0.15, 0.2) is 48.7 Å². The highest BCUT2D eigenvalue weighted by Crippen LogP contribution is 2.26. The fourth-order valence-electron chi connectivity index (χ4n) is 2.51. The molecular formula is C20H20N4O3. The zero-order valence-corrected chi connectivity index (χ0v) is 15.1.